The van der Waals surface area contributed by atoms with Crippen molar-refractivity contribution in [2.24, 2.45) is 22.2 Å². The van der Waals surface area contributed by atoms with E-state index in [9.17, 15) is 14.4 Å². The molecule has 0 aromatic heterocycles. The van der Waals surface area contributed by atoms with Crippen molar-refractivity contribution in [3.63, 3.8) is 0 Å². The number of carbonyl (C=O) groups excluding carboxylic acids is 3. The highest BCUT2D eigenvalue weighted by Gasteiger charge is 2.74. The Kier molecular flexibility index (Phi) is 6.85. The quantitative estimate of drug-likeness (QED) is 0.170. The number of rotatable bonds is 7. The van der Waals surface area contributed by atoms with Gasteiger partial charge >= 0.3 is 0 Å². The molecule has 3 aliphatic rings. The predicted octanol–water partition coefficient (Wildman–Crippen LogP) is 7.37. The van der Waals surface area contributed by atoms with Gasteiger partial charge in [-0.15, -0.1) is 0 Å². The molecule has 1 spiro atoms. The molecule has 196 valence electrons. The molecule has 2 fully saturated rings. The van der Waals surface area contributed by atoms with Crippen molar-refractivity contribution < 1.29 is 19.1 Å². The molecule has 4 rings (SSSR count). The summed E-state index contributed by atoms with van der Waals surface area (Å²) in [6.07, 6.45) is 5.82. The highest BCUT2D eigenvalue weighted by Crippen LogP contribution is 2.69. The lowest BCUT2D eigenvalue weighted by Crippen LogP contribution is -2.66. The summed E-state index contributed by atoms with van der Waals surface area (Å²) in [5.41, 5.74) is 0.507. The highest BCUT2D eigenvalue weighted by molar-refractivity contribution is 6.35. The van der Waals surface area contributed by atoms with Crippen molar-refractivity contribution in [2.75, 3.05) is 0 Å². The summed E-state index contributed by atoms with van der Waals surface area (Å²) in [6, 6.07) is 8.86. The van der Waals surface area contributed by atoms with Crippen molar-refractivity contribution >= 4 is 17.3 Å². The zero-order valence-electron chi connectivity index (χ0n) is 23.4. The van der Waals surface area contributed by atoms with E-state index in [0.717, 1.165) is 17.6 Å². The molecule has 0 unspecified atom stereocenters. The smallest absolute Gasteiger partial charge is 0.200 e. The summed E-state index contributed by atoms with van der Waals surface area (Å²) in [5.74, 6) is -0.478. The molecule has 1 saturated heterocycles. The van der Waals surface area contributed by atoms with Gasteiger partial charge < -0.3 is 4.74 Å². The van der Waals surface area contributed by atoms with Gasteiger partial charge in [0.2, 0.25) is 0 Å². The first kappa shape index (κ1) is 27.0. The fourth-order valence-corrected chi connectivity index (χ4v) is 6.68. The Morgan fingerprint density at radius 2 is 1.62 bits per heavy atom. The minimum atomic E-state index is -1.35. The maximum absolute atomic E-state index is 14.8. The normalized spacial score (nSPS) is 29.8. The van der Waals surface area contributed by atoms with Crippen molar-refractivity contribution in [3.05, 3.63) is 82.7 Å². The van der Waals surface area contributed by atoms with Gasteiger partial charge in [-0.05, 0) is 70.8 Å². The van der Waals surface area contributed by atoms with Crippen LogP contribution in [0.15, 0.2) is 77.1 Å². The van der Waals surface area contributed by atoms with Crippen LogP contribution in [0.1, 0.15) is 84.5 Å². The van der Waals surface area contributed by atoms with Gasteiger partial charge in [-0.1, -0.05) is 74.1 Å². The Labute approximate surface area is 221 Å². The number of allylic oxidation sites excluding steroid dienone is 6. The third-order valence-corrected chi connectivity index (χ3v) is 9.05. The summed E-state index contributed by atoms with van der Waals surface area (Å²) in [5, 5.41) is 0. The summed E-state index contributed by atoms with van der Waals surface area (Å²) in [7, 11) is 0. The molecule has 4 heteroatoms. The van der Waals surface area contributed by atoms with Crippen molar-refractivity contribution in [1.29, 1.82) is 0 Å². The van der Waals surface area contributed by atoms with Gasteiger partial charge in [0.15, 0.2) is 17.3 Å². The van der Waals surface area contributed by atoms with Crippen molar-refractivity contribution in [1.82, 2.24) is 0 Å². The van der Waals surface area contributed by atoms with E-state index >= 15 is 0 Å². The molecular weight excluding hydrogens is 460 g/mol. The van der Waals surface area contributed by atoms with Crippen LogP contribution < -0.4 is 0 Å². The topological polar surface area (TPSA) is 60.4 Å². The van der Waals surface area contributed by atoms with Gasteiger partial charge in [0.25, 0.3) is 0 Å². The zero-order valence-corrected chi connectivity index (χ0v) is 23.4. The van der Waals surface area contributed by atoms with Gasteiger partial charge in [-0.2, -0.15) is 0 Å². The fraction of sp³-hybridized carbons (Fsp3) is 0.485. The van der Waals surface area contributed by atoms with Crippen LogP contribution >= 0.6 is 0 Å². The Bertz CT molecular complexity index is 1250. The molecule has 0 radical (unpaired) electrons. The molecule has 2 bridgehead atoms. The SMILES string of the molecule is C=C(C)[C@@H]1C[C@@]23C[C@@H](CC=C(C)C)C(C)(C)[C@@](CC=C(C)C)(C(=O)C(C(=O)c4ccccc4)=C2O1)C3=O. The zero-order chi connectivity index (χ0) is 27.3. The van der Waals surface area contributed by atoms with Crippen LogP contribution in [0.2, 0.25) is 0 Å². The maximum Gasteiger partial charge on any atom is 0.200 e. The van der Waals surface area contributed by atoms with Crippen molar-refractivity contribution in [3.8, 4) is 0 Å². The molecule has 4 nitrogen and oxygen atoms in total. The largest absolute Gasteiger partial charge is 0.488 e. The molecule has 0 N–H and O–H groups in total. The summed E-state index contributed by atoms with van der Waals surface area (Å²) in [6.45, 7) is 18.2. The minimum absolute atomic E-state index is 0.0606. The molecular formula is C33H40O4. The molecule has 1 aliphatic heterocycles. The third kappa shape index (κ3) is 4.00. The first-order chi connectivity index (χ1) is 17.3. The van der Waals surface area contributed by atoms with Crippen LogP contribution in [0.4, 0.5) is 0 Å². The Balaban J connectivity index is 2.05. The van der Waals surface area contributed by atoms with Crippen LogP contribution in [0.5, 0.6) is 0 Å². The van der Waals surface area contributed by atoms with Gasteiger partial charge in [-0.3, -0.25) is 14.4 Å². The van der Waals surface area contributed by atoms with Gasteiger partial charge in [0.05, 0.1) is 5.41 Å². The van der Waals surface area contributed by atoms with Crippen LogP contribution in [0, 0.1) is 22.2 Å². The first-order valence-corrected chi connectivity index (χ1v) is 13.3. The average Bonchev–Trinajstić information content (AvgIpc) is 3.21. The second kappa shape index (κ2) is 9.38. The van der Waals surface area contributed by atoms with Gasteiger partial charge in [0, 0.05) is 12.0 Å². The van der Waals surface area contributed by atoms with E-state index in [1.54, 1.807) is 24.3 Å². The second-order valence-electron chi connectivity index (χ2n) is 12.3. The number of hydrogen-bond donors (Lipinski definition) is 0. The molecule has 1 aromatic rings. The Hall–Kier alpha value is -3.01. The van der Waals surface area contributed by atoms with E-state index in [4.69, 9.17) is 4.74 Å². The lowest BCUT2D eigenvalue weighted by atomic mass is 9.40. The van der Waals surface area contributed by atoms with E-state index < -0.39 is 22.3 Å². The lowest BCUT2D eigenvalue weighted by molar-refractivity contribution is -0.169. The standard InChI is InChI=1S/C33H40O4/c1-20(2)14-15-24-18-32-19-25(22(5)6)37-29(32)26(27(34)23-12-10-9-11-13-23)28(35)33(30(32)36,31(24,7)8)17-16-21(3)4/h9-14,16,24-25H,5,15,17-19H2,1-4,6-8H3/t24-,25+,32+,33+/m1/s1. The summed E-state index contributed by atoms with van der Waals surface area (Å²) < 4.78 is 6.40. The molecule has 37 heavy (non-hydrogen) atoms. The van der Waals surface area contributed by atoms with Gasteiger partial charge in [-0.25, -0.2) is 0 Å². The molecule has 4 atom stereocenters. The Morgan fingerprint density at radius 3 is 2.19 bits per heavy atom. The number of carbonyl (C=O) groups is 3. The number of Topliss-reactive ketones (excluding diaryl/α,β-unsaturated/α-hetero) is 3. The summed E-state index contributed by atoms with van der Waals surface area (Å²) >= 11 is 0. The van der Waals surface area contributed by atoms with Crippen LogP contribution in [0.3, 0.4) is 0 Å². The van der Waals surface area contributed by atoms with Crippen molar-refractivity contribution in [2.45, 2.75) is 80.3 Å². The van der Waals surface area contributed by atoms with E-state index in [1.165, 1.54) is 5.57 Å². The van der Waals surface area contributed by atoms with Crippen LogP contribution in [-0.2, 0) is 14.3 Å². The molecule has 1 heterocycles. The number of fused-ring (bicyclic) bond motifs is 1. The fourth-order valence-electron chi connectivity index (χ4n) is 6.68. The average molecular weight is 501 g/mol. The number of hydrogen-bond acceptors (Lipinski definition) is 4. The lowest BCUT2D eigenvalue weighted by Gasteiger charge is -2.59. The van der Waals surface area contributed by atoms with E-state index in [1.807, 2.05) is 32.9 Å². The number of ether oxygens (including phenoxy) is 1. The minimum Gasteiger partial charge on any atom is -0.488 e. The van der Waals surface area contributed by atoms with E-state index in [2.05, 4.69) is 40.3 Å². The maximum atomic E-state index is 14.8. The molecule has 0 amide bonds. The van der Waals surface area contributed by atoms with E-state index in [-0.39, 0.29) is 41.0 Å². The number of ketones is 3. The molecule has 1 saturated carbocycles. The van der Waals surface area contributed by atoms with Crippen LogP contribution in [-0.4, -0.2) is 23.5 Å². The first-order valence-electron chi connectivity index (χ1n) is 13.3. The van der Waals surface area contributed by atoms with Crippen LogP contribution in [0.25, 0.3) is 0 Å². The third-order valence-electron chi connectivity index (χ3n) is 9.05. The van der Waals surface area contributed by atoms with E-state index in [0.29, 0.717) is 18.4 Å². The number of benzene rings is 1. The predicted molar refractivity (Wildman–Crippen MR) is 147 cm³/mol. The van der Waals surface area contributed by atoms with Gasteiger partial charge in [0.1, 0.15) is 22.9 Å². The molecule has 1 aromatic carbocycles. The molecule has 2 aliphatic carbocycles. The summed E-state index contributed by atoms with van der Waals surface area (Å²) in [4.78, 5) is 43.6. The highest BCUT2D eigenvalue weighted by atomic mass is 16.5. The monoisotopic (exact) mass is 500 g/mol. The second-order valence-corrected chi connectivity index (χ2v) is 12.3. The Morgan fingerprint density at radius 1 is 1.00 bits per heavy atom.